The van der Waals surface area contributed by atoms with E-state index in [0.29, 0.717) is 17.6 Å². The maximum absolute atomic E-state index is 11.7. The standard InChI is InChI=1S/C13H22N4O2/c1-8(2)10(5)14-13(18)15-11-6-7-12(17-16-11)19-9(3)4/h6-10H,1-5H3,(H2,14,15,16,18). The lowest BCUT2D eigenvalue weighted by atomic mass is 10.1. The molecule has 6 heteroatoms. The van der Waals surface area contributed by atoms with Crippen molar-refractivity contribution in [3.8, 4) is 5.88 Å². The molecule has 1 aromatic heterocycles. The SMILES string of the molecule is CC(C)Oc1ccc(NC(=O)NC(C)C(C)C)nn1. The summed E-state index contributed by atoms with van der Waals surface area (Å²) in [5.74, 6) is 1.21. The van der Waals surface area contributed by atoms with Crippen molar-refractivity contribution in [3.63, 3.8) is 0 Å². The van der Waals surface area contributed by atoms with Gasteiger partial charge >= 0.3 is 6.03 Å². The van der Waals surface area contributed by atoms with Gasteiger partial charge in [0.05, 0.1) is 6.10 Å². The summed E-state index contributed by atoms with van der Waals surface area (Å²) in [5.41, 5.74) is 0. The molecule has 0 aromatic carbocycles. The molecule has 106 valence electrons. The van der Waals surface area contributed by atoms with Crippen molar-refractivity contribution in [2.75, 3.05) is 5.32 Å². The maximum Gasteiger partial charge on any atom is 0.320 e. The van der Waals surface area contributed by atoms with Crippen molar-refractivity contribution in [2.24, 2.45) is 5.92 Å². The minimum atomic E-state index is -0.284. The van der Waals surface area contributed by atoms with Gasteiger partial charge in [-0.25, -0.2) is 4.79 Å². The van der Waals surface area contributed by atoms with E-state index in [1.54, 1.807) is 12.1 Å². The molecule has 1 unspecified atom stereocenters. The van der Waals surface area contributed by atoms with E-state index in [1.807, 2.05) is 34.6 Å². The number of anilines is 1. The summed E-state index contributed by atoms with van der Waals surface area (Å²) in [6.45, 7) is 9.87. The van der Waals surface area contributed by atoms with Gasteiger partial charge in [-0.3, -0.25) is 5.32 Å². The molecule has 1 rings (SSSR count). The first-order chi connectivity index (χ1) is 8.88. The summed E-state index contributed by atoms with van der Waals surface area (Å²) in [5, 5.41) is 13.2. The number of hydrogen-bond acceptors (Lipinski definition) is 4. The molecule has 0 fully saturated rings. The Morgan fingerprint density at radius 2 is 1.84 bits per heavy atom. The maximum atomic E-state index is 11.7. The fourth-order valence-corrected chi connectivity index (χ4v) is 1.22. The molecule has 0 aliphatic rings. The number of rotatable bonds is 5. The van der Waals surface area contributed by atoms with Crippen molar-refractivity contribution in [1.29, 1.82) is 0 Å². The lowest BCUT2D eigenvalue weighted by Gasteiger charge is -2.17. The van der Waals surface area contributed by atoms with Gasteiger partial charge in [0, 0.05) is 12.1 Å². The minimum Gasteiger partial charge on any atom is -0.474 e. The second-order valence-corrected chi connectivity index (χ2v) is 5.05. The van der Waals surface area contributed by atoms with Crippen LogP contribution < -0.4 is 15.4 Å². The third-order valence-electron chi connectivity index (χ3n) is 2.60. The van der Waals surface area contributed by atoms with Crippen LogP contribution in [0.1, 0.15) is 34.6 Å². The number of nitrogens with zero attached hydrogens (tertiary/aromatic N) is 2. The lowest BCUT2D eigenvalue weighted by molar-refractivity contribution is 0.230. The van der Waals surface area contributed by atoms with Crippen molar-refractivity contribution in [2.45, 2.75) is 46.8 Å². The first-order valence-corrected chi connectivity index (χ1v) is 6.46. The van der Waals surface area contributed by atoms with Crippen LogP contribution in [0.5, 0.6) is 5.88 Å². The quantitative estimate of drug-likeness (QED) is 0.858. The normalized spacial score (nSPS) is 12.4. The van der Waals surface area contributed by atoms with Crippen molar-refractivity contribution >= 4 is 11.8 Å². The van der Waals surface area contributed by atoms with Crippen molar-refractivity contribution in [3.05, 3.63) is 12.1 Å². The molecule has 1 atom stereocenters. The summed E-state index contributed by atoms with van der Waals surface area (Å²) < 4.78 is 5.37. The van der Waals surface area contributed by atoms with Gasteiger partial charge in [-0.05, 0) is 32.8 Å². The van der Waals surface area contributed by atoms with Crippen LogP contribution >= 0.6 is 0 Å². The molecule has 0 spiro atoms. The first-order valence-electron chi connectivity index (χ1n) is 6.46. The number of carbonyl (C=O) groups excluding carboxylic acids is 1. The molecule has 2 N–H and O–H groups in total. The van der Waals surface area contributed by atoms with Gasteiger partial charge in [0.1, 0.15) is 0 Å². The predicted molar refractivity (Wildman–Crippen MR) is 74.3 cm³/mol. The Bertz CT molecular complexity index is 404. The van der Waals surface area contributed by atoms with Crippen LogP contribution in [0.2, 0.25) is 0 Å². The van der Waals surface area contributed by atoms with Gasteiger partial charge < -0.3 is 10.1 Å². The highest BCUT2D eigenvalue weighted by molar-refractivity contribution is 5.88. The molecule has 0 saturated heterocycles. The predicted octanol–water partition coefficient (Wildman–Crippen LogP) is 2.43. The van der Waals surface area contributed by atoms with Crippen LogP contribution in [0.15, 0.2) is 12.1 Å². The fourth-order valence-electron chi connectivity index (χ4n) is 1.22. The van der Waals surface area contributed by atoms with Crippen LogP contribution in [0.25, 0.3) is 0 Å². The summed E-state index contributed by atoms with van der Waals surface area (Å²) in [6, 6.07) is 3.14. The highest BCUT2D eigenvalue weighted by Gasteiger charge is 2.11. The van der Waals surface area contributed by atoms with E-state index >= 15 is 0 Å². The molecule has 2 amide bonds. The van der Waals surface area contributed by atoms with Gasteiger partial charge in [-0.2, -0.15) is 0 Å². The zero-order valence-electron chi connectivity index (χ0n) is 12.1. The molecular formula is C13H22N4O2. The minimum absolute atomic E-state index is 0.0447. The number of aromatic nitrogens is 2. The molecule has 1 heterocycles. The van der Waals surface area contributed by atoms with Gasteiger partial charge in [0.25, 0.3) is 0 Å². The zero-order chi connectivity index (χ0) is 14.4. The second kappa shape index (κ2) is 6.92. The zero-order valence-corrected chi connectivity index (χ0v) is 12.1. The summed E-state index contributed by atoms with van der Waals surface area (Å²) in [6.07, 6.45) is 0.0447. The van der Waals surface area contributed by atoms with E-state index in [9.17, 15) is 4.79 Å². The Morgan fingerprint density at radius 3 is 2.32 bits per heavy atom. The average Bonchev–Trinajstić information content (AvgIpc) is 2.30. The van der Waals surface area contributed by atoms with Crippen LogP contribution in [-0.2, 0) is 0 Å². The lowest BCUT2D eigenvalue weighted by Crippen LogP contribution is -2.39. The monoisotopic (exact) mass is 266 g/mol. The first kappa shape index (κ1) is 15.2. The van der Waals surface area contributed by atoms with E-state index in [4.69, 9.17) is 4.74 Å². The van der Waals surface area contributed by atoms with Crippen molar-refractivity contribution < 1.29 is 9.53 Å². The largest absolute Gasteiger partial charge is 0.474 e. The van der Waals surface area contributed by atoms with Crippen LogP contribution in [-0.4, -0.2) is 28.4 Å². The molecule has 1 aromatic rings. The van der Waals surface area contributed by atoms with Gasteiger partial charge in [-0.1, -0.05) is 13.8 Å². The number of ether oxygens (including phenoxy) is 1. The van der Waals surface area contributed by atoms with E-state index in [1.165, 1.54) is 0 Å². The average molecular weight is 266 g/mol. The number of hydrogen-bond donors (Lipinski definition) is 2. The third-order valence-corrected chi connectivity index (χ3v) is 2.60. The molecule has 0 aliphatic carbocycles. The Kier molecular flexibility index (Phi) is 5.54. The molecule has 0 radical (unpaired) electrons. The molecule has 6 nitrogen and oxygen atoms in total. The number of amides is 2. The number of nitrogens with one attached hydrogen (secondary N) is 2. The Labute approximate surface area is 113 Å². The molecule has 19 heavy (non-hydrogen) atoms. The molecule has 0 bridgehead atoms. The van der Waals surface area contributed by atoms with Gasteiger partial charge in [0.15, 0.2) is 5.82 Å². The molecule has 0 saturated carbocycles. The second-order valence-electron chi connectivity index (χ2n) is 5.05. The number of urea groups is 1. The van der Waals surface area contributed by atoms with Gasteiger partial charge in [-0.15, -0.1) is 10.2 Å². The highest BCUT2D eigenvalue weighted by atomic mass is 16.5. The van der Waals surface area contributed by atoms with Crippen LogP contribution in [0, 0.1) is 5.92 Å². The smallest absolute Gasteiger partial charge is 0.320 e. The van der Waals surface area contributed by atoms with Gasteiger partial charge in [0.2, 0.25) is 5.88 Å². The van der Waals surface area contributed by atoms with Crippen LogP contribution in [0.4, 0.5) is 10.6 Å². The number of carbonyl (C=O) groups is 1. The Balaban J connectivity index is 2.51. The van der Waals surface area contributed by atoms with E-state index in [-0.39, 0.29) is 18.2 Å². The summed E-state index contributed by atoms with van der Waals surface area (Å²) in [4.78, 5) is 11.7. The van der Waals surface area contributed by atoms with E-state index in [2.05, 4.69) is 20.8 Å². The topological polar surface area (TPSA) is 76.1 Å². The third kappa shape index (κ3) is 5.54. The van der Waals surface area contributed by atoms with Crippen molar-refractivity contribution in [1.82, 2.24) is 15.5 Å². The fraction of sp³-hybridized carbons (Fsp3) is 0.615. The highest BCUT2D eigenvalue weighted by Crippen LogP contribution is 2.10. The van der Waals surface area contributed by atoms with Crippen LogP contribution in [0.3, 0.4) is 0 Å². The van der Waals surface area contributed by atoms with E-state index in [0.717, 1.165) is 0 Å². The molecular weight excluding hydrogens is 244 g/mol. The molecule has 0 aliphatic heterocycles. The summed E-state index contributed by atoms with van der Waals surface area (Å²) >= 11 is 0. The van der Waals surface area contributed by atoms with E-state index < -0.39 is 0 Å². The Hall–Kier alpha value is -1.85. The Morgan fingerprint density at radius 1 is 1.16 bits per heavy atom. The summed E-state index contributed by atoms with van der Waals surface area (Å²) in [7, 11) is 0.